The average Bonchev–Trinajstić information content (AvgIpc) is 3.60. The molecule has 0 spiro atoms. The van der Waals surface area contributed by atoms with Crippen molar-refractivity contribution >= 4 is 18.4 Å². The van der Waals surface area contributed by atoms with Gasteiger partial charge in [0.05, 0.1) is 11.4 Å². The average molecular weight is 821 g/mol. The molecule has 9 aromatic carbocycles. The molecule has 3 heteroatoms. The summed E-state index contributed by atoms with van der Waals surface area (Å²) in [5.74, 6) is 0.751. The molecule has 0 bridgehead atoms. The molecule has 0 saturated heterocycles. The molecule has 2 heterocycles. The summed E-state index contributed by atoms with van der Waals surface area (Å²) in [6.45, 7) is 4.88. The van der Waals surface area contributed by atoms with Gasteiger partial charge in [0.1, 0.15) is 8.07 Å². The second kappa shape index (κ2) is 16.0. The monoisotopic (exact) mass is 820 g/mol. The number of nitrogens with zero attached hydrogens (tertiary/aromatic N) is 2. The van der Waals surface area contributed by atoms with E-state index >= 15 is 0 Å². The van der Waals surface area contributed by atoms with Crippen molar-refractivity contribution in [1.29, 1.82) is 0 Å². The van der Waals surface area contributed by atoms with Crippen LogP contribution in [0.25, 0.3) is 101 Å². The fraction of sp³-hybridized carbons (Fsp3) is 0.0333. The lowest BCUT2D eigenvalue weighted by molar-refractivity contribution is 1.20. The zero-order valence-electron chi connectivity index (χ0n) is 35.3. The standard InChI is InChI=1S/C60H44N2Si/c1-63(2)56-27-13-12-26-55(56)58-59(63)57(51-25-15-24-50(37-51)41-16-6-3-7-17-41)61-60(62-58)47-34-32-45(33-35-47)49-23-14-22-48(36-49)44-28-30-46(31-29-44)54-39-52(42-18-8-4-9-19-42)38-53(40-54)43-20-10-5-11-21-43/h3-40H,1-2H3. The summed E-state index contributed by atoms with van der Waals surface area (Å²) in [6, 6.07) is 83.1. The lowest BCUT2D eigenvalue weighted by atomic mass is 9.92. The molecule has 0 N–H and O–H groups in total. The highest BCUT2D eigenvalue weighted by Crippen LogP contribution is 2.37. The smallest absolute Gasteiger partial charge is 0.160 e. The predicted molar refractivity (Wildman–Crippen MR) is 268 cm³/mol. The Labute approximate surface area is 370 Å². The van der Waals surface area contributed by atoms with Gasteiger partial charge in [-0.25, -0.2) is 9.97 Å². The minimum atomic E-state index is -2.09. The van der Waals surface area contributed by atoms with Gasteiger partial charge in [-0.1, -0.05) is 213 Å². The third-order valence-corrected chi connectivity index (χ3v) is 16.2. The summed E-state index contributed by atoms with van der Waals surface area (Å²) in [7, 11) is -2.09. The van der Waals surface area contributed by atoms with Crippen molar-refractivity contribution in [1.82, 2.24) is 9.97 Å². The minimum Gasteiger partial charge on any atom is -0.228 e. The number of rotatable bonds is 8. The Morgan fingerprint density at radius 1 is 0.270 bits per heavy atom. The van der Waals surface area contributed by atoms with E-state index in [-0.39, 0.29) is 0 Å². The third kappa shape index (κ3) is 7.23. The van der Waals surface area contributed by atoms with Gasteiger partial charge in [0, 0.05) is 11.1 Å². The van der Waals surface area contributed by atoms with Crippen LogP contribution in [-0.2, 0) is 0 Å². The Hall–Kier alpha value is -7.72. The summed E-state index contributed by atoms with van der Waals surface area (Å²) in [6.07, 6.45) is 0. The second-order valence-corrected chi connectivity index (χ2v) is 21.3. The van der Waals surface area contributed by atoms with Crippen molar-refractivity contribution in [3.05, 3.63) is 231 Å². The van der Waals surface area contributed by atoms with Gasteiger partial charge < -0.3 is 0 Å². The first-order valence-corrected chi connectivity index (χ1v) is 24.7. The molecule has 11 rings (SSSR count). The fourth-order valence-electron chi connectivity index (χ4n) is 9.37. The molecule has 0 saturated carbocycles. The molecular formula is C60H44N2Si. The number of benzene rings is 9. The summed E-state index contributed by atoms with van der Waals surface area (Å²) in [5, 5.41) is 2.74. The van der Waals surface area contributed by atoms with E-state index in [2.05, 4.69) is 244 Å². The van der Waals surface area contributed by atoms with Gasteiger partial charge in [-0.15, -0.1) is 0 Å². The van der Waals surface area contributed by atoms with Gasteiger partial charge in [-0.3, -0.25) is 0 Å². The van der Waals surface area contributed by atoms with Crippen molar-refractivity contribution in [2.24, 2.45) is 0 Å². The van der Waals surface area contributed by atoms with Crippen molar-refractivity contribution in [3.63, 3.8) is 0 Å². The summed E-state index contributed by atoms with van der Waals surface area (Å²) >= 11 is 0. The summed E-state index contributed by atoms with van der Waals surface area (Å²) < 4.78 is 0. The molecule has 0 aliphatic carbocycles. The quantitative estimate of drug-likeness (QED) is 0.143. The normalized spacial score (nSPS) is 12.4. The fourth-order valence-corrected chi connectivity index (χ4v) is 12.6. The van der Waals surface area contributed by atoms with E-state index in [1.165, 1.54) is 77.1 Å². The zero-order chi connectivity index (χ0) is 42.3. The van der Waals surface area contributed by atoms with Crippen LogP contribution in [-0.4, -0.2) is 18.0 Å². The van der Waals surface area contributed by atoms with Crippen molar-refractivity contribution in [2.45, 2.75) is 13.1 Å². The van der Waals surface area contributed by atoms with Crippen LogP contribution in [0, 0.1) is 0 Å². The predicted octanol–water partition coefficient (Wildman–Crippen LogP) is 14.6. The van der Waals surface area contributed by atoms with Crippen molar-refractivity contribution in [3.8, 4) is 101 Å². The van der Waals surface area contributed by atoms with Crippen LogP contribution in [0.3, 0.4) is 0 Å². The molecular weight excluding hydrogens is 777 g/mol. The molecule has 0 amide bonds. The molecule has 1 aliphatic rings. The van der Waals surface area contributed by atoms with Crippen LogP contribution >= 0.6 is 0 Å². The summed E-state index contributed by atoms with van der Waals surface area (Å²) in [4.78, 5) is 10.8. The van der Waals surface area contributed by atoms with Gasteiger partial charge in [0.2, 0.25) is 0 Å². The lowest BCUT2D eigenvalue weighted by Crippen LogP contribution is -2.50. The maximum absolute atomic E-state index is 5.45. The van der Waals surface area contributed by atoms with Crippen LogP contribution in [0.5, 0.6) is 0 Å². The maximum atomic E-state index is 5.45. The van der Waals surface area contributed by atoms with E-state index in [0.717, 1.165) is 33.9 Å². The Bertz CT molecular complexity index is 3210. The molecule has 0 radical (unpaired) electrons. The first-order chi connectivity index (χ1) is 31.0. The van der Waals surface area contributed by atoms with Crippen LogP contribution in [0.4, 0.5) is 0 Å². The number of aromatic nitrogens is 2. The minimum absolute atomic E-state index is 0.751. The van der Waals surface area contributed by atoms with E-state index in [9.17, 15) is 0 Å². The second-order valence-electron chi connectivity index (χ2n) is 17.0. The molecule has 63 heavy (non-hydrogen) atoms. The highest BCUT2D eigenvalue weighted by molar-refractivity contribution is 7.04. The lowest BCUT2D eigenvalue weighted by Gasteiger charge is -2.22. The highest BCUT2D eigenvalue weighted by Gasteiger charge is 2.41. The first-order valence-electron chi connectivity index (χ1n) is 21.7. The van der Waals surface area contributed by atoms with E-state index in [1.807, 2.05) is 0 Å². The summed E-state index contributed by atoms with van der Waals surface area (Å²) in [5.41, 5.74) is 19.8. The van der Waals surface area contributed by atoms with Gasteiger partial charge in [0.15, 0.2) is 5.82 Å². The van der Waals surface area contributed by atoms with Crippen LogP contribution in [0.1, 0.15) is 0 Å². The number of fused-ring (bicyclic) bond motifs is 3. The van der Waals surface area contributed by atoms with Gasteiger partial charge in [-0.05, 0) is 113 Å². The third-order valence-electron chi connectivity index (χ3n) is 12.7. The maximum Gasteiger partial charge on any atom is 0.160 e. The van der Waals surface area contributed by atoms with Crippen molar-refractivity contribution in [2.75, 3.05) is 0 Å². The molecule has 1 aliphatic heterocycles. The van der Waals surface area contributed by atoms with E-state index in [4.69, 9.17) is 9.97 Å². The van der Waals surface area contributed by atoms with Gasteiger partial charge in [-0.2, -0.15) is 0 Å². The van der Waals surface area contributed by atoms with E-state index in [1.54, 1.807) is 0 Å². The highest BCUT2D eigenvalue weighted by atomic mass is 28.3. The van der Waals surface area contributed by atoms with E-state index in [0.29, 0.717) is 0 Å². The Morgan fingerprint density at radius 3 is 1.11 bits per heavy atom. The molecule has 0 fully saturated rings. The molecule has 2 nitrogen and oxygen atoms in total. The number of hydrogen-bond donors (Lipinski definition) is 0. The topological polar surface area (TPSA) is 25.8 Å². The van der Waals surface area contributed by atoms with Gasteiger partial charge >= 0.3 is 0 Å². The Balaban J connectivity index is 0.916. The zero-order valence-corrected chi connectivity index (χ0v) is 36.3. The van der Waals surface area contributed by atoms with Crippen LogP contribution in [0.2, 0.25) is 13.1 Å². The largest absolute Gasteiger partial charge is 0.228 e. The van der Waals surface area contributed by atoms with Gasteiger partial charge in [0.25, 0.3) is 0 Å². The molecule has 0 atom stereocenters. The van der Waals surface area contributed by atoms with Crippen LogP contribution < -0.4 is 10.4 Å². The molecule has 0 unspecified atom stereocenters. The first kappa shape index (κ1) is 38.2. The molecule has 10 aromatic rings. The van der Waals surface area contributed by atoms with Crippen LogP contribution in [0.15, 0.2) is 231 Å². The number of hydrogen-bond acceptors (Lipinski definition) is 2. The SMILES string of the molecule is C[Si]1(C)c2ccccc2-c2nc(-c3ccc(-c4cccc(-c5ccc(-c6cc(-c7ccccc7)cc(-c7ccccc7)c6)cc5)c4)cc3)nc(-c3cccc(-c4ccccc4)c3)c21. The van der Waals surface area contributed by atoms with E-state index < -0.39 is 8.07 Å². The Morgan fingerprint density at radius 2 is 0.603 bits per heavy atom. The molecule has 1 aromatic heterocycles. The van der Waals surface area contributed by atoms with Crippen molar-refractivity contribution < 1.29 is 0 Å². The Kier molecular flexibility index (Phi) is 9.68. The molecule has 298 valence electrons.